The van der Waals surface area contributed by atoms with Crippen LogP contribution in [0.1, 0.15) is 137 Å². The van der Waals surface area contributed by atoms with Crippen molar-refractivity contribution in [2.24, 2.45) is 16.2 Å². The standard InChI is InChI=1S/C62H76N8O9S/c1-40-45(30-64-70(40)39-61-34-59(8)33-60(9,35-61)37-62(36-59,38-61)77-29-27-68(10)56(74)79-58(5,6)7)43-21-23-50(66-51(43)53(72)78-57(2,3)4)69-26-24-42-46(31-69)44(52(71)67-54-65-47-18-14-15-19-49(47)80-54)20-22-48(42)75-28-25-63-55(73)76-32-41-16-12-11-13-17-41/h11-23,30H,24-29,31-39H2,1-10H3,(H,63,73)(H,65,67,71). The van der Waals surface area contributed by atoms with Gasteiger partial charge in [0.05, 0.1) is 35.2 Å². The van der Waals surface area contributed by atoms with Gasteiger partial charge in [-0.2, -0.15) is 5.10 Å². The van der Waals surface area contributed by atoms with E-state index in [2.05, 4.69) is 46.0 Å². The van der Waals surface area contributed by atoms with Crippen molar-refractivity contribution in [3.8, 4) is 16.9 Å². The third-order valence-electron chi connectivity index (χ3n) is 15.8. The number of anilines is 2. The van der Waals surface area contributed by atoms with E-state index < -0.39 is 23.3 Å². The third kappa shape index (κ3) is 12.6. The molecule has 2 unspecified atom stereocenters. The number of amides is 3. The van der Waals surface area contributed by atoms with E-state index in [1.807, 2.05) is 114 Å². The van der Waals surface area contributed by atoms with Gasteiger partial charge in [-0.1, -0.05) is 67.6 Å². The van der Waals surface area contributed by atoms with Crippen LogP contribution < -0.4 is 20.3 Å². The molecule has 4 bridgehead atoms. The summed E-state index contributed by atoms with van der Waals surface area (Å²) in [4.78, 5) is 67.6. The first kappa shape index (κ1) is 56.2. The normalized spacial score (nSPS) is 22.1. The summed E-state index contributed by atoms with van der Waals surface area (Å²) in [5, 5.41) is 11.4. The number of hydrogen-bond acceptors (Lipinski definition) is 14. The Morgan fingerprint density at radius 2 is 1.51 bits per heavy atom. The lowest BCUT2D eigenvalue weighted by atomic mass is 9.39. The second-order valence-corrected chi connectivity index (χ2v) is 26.5. The molecule has 4 saturated carbocycles. The number of ether oxygens (including phenoxy) is 5. The average Bonchev–Trinajstić information content (AvgIpc) is 3.68. The van der Waals surface area contributed by atoms with Gasteiger partial charge < -0.3 is 38.8 Å². The lowest BCUT2D eigenvalue weighted by Crippen LogP contribution is -2.64. The molecule has 0 radical (unpaired) electrons. The van der Waals surface area contributed by atoms with E-state index in [0.717, 1.165) is 76.7 Å². The molecule has 17 nitrogen and oxygen atoms in total. The first-order valence-corrected chi connectivity index (χ1v) is 28.7. The summed E-state index contributed by atoms with van der Waals surface area (Å²) in [5.41, 5.74) is 4.66. The first-order chi connectivity index (χ1) is 37.9. The van der Waals surface area contributed by atoms with Crippen molar-refractivity contribution in [3.05, 3.63) is 119 Å². The Labute approximate surface area is 473 Å². The van der Waals surface area contributed by atoms with Crippen LogP contribution in [0, 0.1) is 23.2 Å². The van der Waals surface area contributed by atoms with Gasteiger partial charge in [-0.25, -0.2) is 24.4 Å². The minimum atomic E-state index is -0.802. The maximum Gasteiger partial charge on any atom is 0.410 e. The quantitative estimate of drug-likeness (QED) is 0.0499. The molecule has 3 aromatic carbocycles. The fourth-order valence-corrected chi connectivity index (χ4v) is 14.7. The summed E-state index contributed by atoms with van der Waals surface area (Å²) >= 11 is 1.40. The zero-order valence-electron chi connectivity index (χ0n) is 48.0. The monoisotopic (exact) mass is 1110 g/mol. The molecule has 424 valence electrons. The minimum Gasteiger partial charge on any atom is -0.491 e. The molecular formula is C62H76N8O9S. The van der Waals surface area contributed by atoms with Gasteiger partial charge in [-0.15, -0.1) is 0 Å². The third-order valence-corrected chi connectivity index (χ3v) is 16.8. The number of esters is 1. The van der Waals surface area contributed by atoms with E-state index in [4.69, 9.17) is 33.8 Å². The Kier molecular flexibility index (Phi) is 15.3. The molecule has 80 heavy (non-hydrogen) atoms. The number of benzene rings is 3. The van der Waals surface area contributed by atoms with Crippen LogP contribution in [0.25, 0.3) is 21.3 Å². The number of nitrogens with zero attached hydrogens (tertiary/aromatic N) is 6. The summed E-state index contributed by atoms with van der Waals surface area (Å²) in [6, 6.07) is 24.6. The van der Waals surface area contributed by atoms with E-state index in [1.165, 1.54) is 11.3 Å². The Balaban J connectivity index is 0.897. The van der Waals surface area contributed by atoms with E-state index in [-0.39, 0.29) is 65.8 Å². The van der Waals surface area contributed by atoms with Crippen LogP contribution >= 0.6 is 11.3 Å². The van der Waals surface area contributed by atoms with Crippen LogP contribution in [0.4, 0.5) is 20.5 Å². The number of rotatable bonds is 17. The smallest absolute Gasteiger partial charge is 0.410 e. The molecule has 0 spiro atoms. The molecule has 2 atom stereocenters. The van der Waals surface area contributed by atoms with Gasteiger partial charge in [0.2, 0.25) is 0 Å². The molecule has 4 aliphatic carbocycles. The number of nitrogens with one attached hydrogen (secondary N) is 2. The lowest BCUT2D eigenvalue weighted by Gasteiger charge is -2.69. The molecule has 18 heteroatoms. The number of pyridine rings is 1. The Hall–Kier alpha value is -7.05. The van der Waals surface area contributed by atoms with Crippen molar-refractivity contribution >= 4 is 56.6 Å². The molecule has 1 aliphatic heterocycles. The number of para-hydroxylation sites is 1. The van der Waals surface area contributed by atoms with E-state index in [1.54, 1.807) is 24.1 Å². The number of carbonyl (C=O) groups excluding carboxylic acids is 4. The summed E-state index contributed by atoms with van der Waals surface area (Å²) in [6.45, 7) is 20.9. The number of thiazole rings is 1. The molecule has 6 aromatic rings. The molecule has 4 heterocycles. The zero-order chi connectivity index (χ0) is 56.8. The van der Waals surface area contributed by atoms with E-state index in [0.29, 0.717) is 60.5 Å². The number of aromatic nitrogens is 4. The van der Waals surface area contributed by atoms with Gasteiger partial charge in [0.25, 0.3) is 5.91 Å². The van der Waals surface area contributed by atoms with Crippen molar-refractivity contribution in [3.63, 3.8) is 0 Å². The highest BCUT2D eigenvalue weighted by Gasteiger charge is 2.66. The van der Waals surface area contributed by atoms with Crippen LogP contribution in [-0.2, 0) is 45.1 Å². The molecule has 11 rings (SSSR count). The summed E-state index contributed by atoms with van der Waals surface area (Å²) in [5.74, 6) is 0.277. The van der Waals surface area contributed by atoms with Crippen LogP contribution in [0.2, 0.25) is 0 Å². The topological polar surface area (TPSA) is 189 Å². The molecular weight excluding hydrogens is 1030 g/mol. The molecule has 0 saturated heterocycles. The highest BCUT2D eigenvalue weighted by molar-refractivity contribution is 7.22. The van der Waals surface area contributed by atoms with Crippen molar-refractivity contribution in [1.82, 2.24) is 30.0 Å². The van der Waals surface area contributed by atoms with Gasteiger partial charge in [-0.3, -0.25) is 14.8 Å². The Morgan fingerprint density at radius 3 is 2.24 bits per heavy atom. The van der Waals surface area contributed by atoms with Crippen LogP contribution in [0.15, 0.2) is 85.1 Å². The summed E-state index contributed by atoms with van der Waals surface area (Å²) in [7, 11) is 1.76. The molecule has 2 N–H and O–H groups in total. The number of carbonyl (C=O) groups is 4. The van der Waals surface area contributed by atoms with Crippen molar-refractivity contribution < 1.29 is 42.9 Å². The molecule has 4 fully saturated rings. The summed E-state index contributed by atoms with van der Waals surface area (Å²) < 4.78 is 33.5. The fourth-order valence-electron chi connectivity index (χ4n) is 13.9. The molecule has 3 aromatic heterocycles. The lowest BCUT2D eigenvalue weighted by molar-refractivity contribution is -0.248. The highest BCUT2D eigenvalue weighted by Crippen LogP contribution is 2.72. The van der Waals surface area contributed by atoms with Crippen molar-refractivity contribution in [1.29, 1.82) is 0 Å². The van der Waals surface area contributed by atoms with Crippen LogP contribution in [-0.4, -0.2) is 105 Å². The fraction of sp³-hybridized carbons (Fsp3) is 0.500. The van der Waals surface area contributed by atoms with Crippen LogP contribution in [0.5, 0.6) is 5.75 Å². The molecule has 3 amide bonds. The Bertz CT molecular complexity index is 3250. The summed E-state index contributed by atoms with van der Waals surface area (Å²) in [6.07, 6.45) is 7.57. The van der Waals surface area contributed by atoms with Gasteiger partial charge in [0, 0.05) is 61.2 Å². The maximum atomic E-state index is 14.5. The zero-order valence-corrected chi connectivity index (χ0v) is 48.8. The number of alkyl carbamates (subject to hydrolysis) is 1. The van der Waals surface area contributed by atoms with E-state index >= 15 is 0 Å². The predicted octanol–water partition coefficient (Wildman–Crippen LogP) is 11.9. The Morgan fingerprint density at radius 1 is 0.787 bits per heavy atom. The number of fused-ring (bicyclic) bond motifs is 2. The second-order valence-electron chi connectivity index (χ2n) is 25.5. The highest BCUT2D eigenvalue weighted by atomic mass is 32.1. The van der Waals surface area contributed by atoms with Gasteiger partial charge in [0.15, 0.2) is 10.8 Å². The average molecular weight is 1110 g/mol. The van der Waals surface area contributed by atoms with Crippen molar-refractivity contribution in [2.75, 3.05) is 50.1 Å². The number of likely N-dealkylation sites (N-methyl/N-ethyl adjacent to an activating group) is 1. The van der Waals surface area contributed by atoms with Gasteiger partial charge in [0.1, 0.15) is 36.0 Å². The first-order valence-electron chi connectivity index (χ1n) is 27.9. The predicted molar refractivity (Wildman–Crippen MR) is 308 cm³/mol. The largest absolute Gasteiger partial charge is 0.491 e. The van der Waals surface area contributed by atoms with Gasteiger partial charge >= 0.3 is 18.2 Å². The molecule has 5 aliphatic rings. The van der Waals surface area contributed by atoms with Crippen LogP contribution in [0.3, 0.4) is 0 Å². The van der Waals surface area contributed by atoms with E-state index in [9.17, 15) is 19.2 Å². The SMILES string of the molecule is Cc1c(-c2ccc(N3CCc4c(OCCNC(=O)OCc5ccccc5)ccc(C(=O)Nc5nc6ccccc6s5)c4C3)nc2C(=O)OC(C)(C)C)cnn1CC12CC3(C)CC(C)(C1)CC(OCCN(C)C(=O)OC(C)(C)C)(C3)C2. The second kappa shape index (κ2) is 21.8. The maximum absolute atomic E-state index is 14.5. The van der Waals surface area contributed by atoms with Gasteiger partial charge in [-0.05, 0) is 157 Å². The minimum absolute atomic E-state index is 0.0768. The number of hydrogen-bond donors (Lipinski definition) is 2. The van der Waals surface area contributed by atoms with Crippen molar-refractivity contribution in [2.45, 2.75) is 144 Å².